The molecule has 3 rings (SSSR count). The number of rotatable bonds is 1. The summed E-state index contributed by atoms with van der Waals surface area (Å²) in [7, 11) is 0. The second kappa shape index (κ2) is 4.89. The normalized spacial score (nSPS) is 38.6. The maximum absolute atomic E-state index is 3.53. The maximum atomic E-state index is 3.53. The van der Waals surface area contributed by atoms with Crippen LogP contribution < -0.4 is 5.32 Å². The van der Waals surface area contributed by atoms with E-state index < -0.39 is 0 Å². The second-order valence-electron chi connectivity index (χ2n) is 6.78. The van der Waals surface area contributed by atoms with Crippen molar-refractivity contribution in [2.75, 3.05) is 26.2 Å². The Labute approximate surface area is 106 Å². The molecule has 1 aliphatic carbocycles. The van der Waals surface area contributed by atoms with Crippen molar-refractivity contribution in [1.29, 1.82) is 0 Å². The fourth-order valence-electron chi connectivity index (χ4n) is 4.50. The molecule has 17 heavy (non-hydrogen) atoms. The molecular formula is C15H28N2. The lowest BCUT2D eigenvalue weighted by atomic mass is 9.76. The van der Waals surface area contributed by atoms with Crippen LogP contribution in [0.4, 0.5) is 0 Å². The Balaban J connectivity index is 1.57. The first-order chi connectivity index (χ1) is 8.29. The van der Waals surface area contributed by atoms with Gasteiger partial charge in [0.2, 0.25) is 0 Å². The minimum atomic E-state index is 0.784. The Kier molecular flexibility index (Phi) is 3.45. The molecule has 98 valence electrons. The molecule has 1 N–H and O–H groups in total. The molecule has 0 amide bonds. The van der Waals surface area contributed by atoms with Crippen LogP contribution in [0.25, 0.3) is 0 Å². The van der Waals surface area contributed by atoms with Crippen molar-refractivity contribution in [2.45, 2.75) is 57.9 Å². The van der Waals surface area contributed by atoms with Gasteiger partial charge in [-0.3, -0.25) is 4.90 Å². The lowest BCUT2D eigenvalue weighted by Crippen LogP contribution is -2.52. The summed E-state index contributed by atoms with van der Waals surface area (Å²) in [5.74, 6) is 0.848. The average Bonchev–Trinajstić information content (AvgIpc) is 2.80. The van der Waals surface area contributed by atoms with Crippen LogP contribution in [0.5, 0.6) is 0 Å². The largest absolute Gasteiger partial charge is 0.316 e. The number of piperidine rings is 2. The van der Waals surface area contributed by atoms with Crippen LogP contribution in [0.2, 0.25) is 0 Å². The standard InChI is InChI=1S/C15H28N2/c1-13-12-16-9-4-14(13)17-10-7-15(8-11-17)5-2-3-6-15/h13-14,16H,2-12H2,1H3. The number of hydrogen-bond donors (Lipinski definition) is 1. The van der Waals surface area contributed by atoms with E-state index in [1.54, 1.807) is 0 Å². The Morgan fingerprint density at radius 3 is 2.41 bits per heavy atom. The van der Waals surface area contributed by atoms with Gasteiger partial charge in [-0.1, -0.05) is 19.8 Å². The molecule has 2 heterocycles. The van der Waals surface area contributed by atoms with Crippen molar-refractivity contribution >= 4 is 0 Å². The summed E-state index contributed by atoms with van der Waals surface area (Å²) in [4.78, 5) is 2.81. The Hall–Kier alpha value is -0.0800. The first kappa shape index (κ1) is 12.0. The van der Waals surface area contributed by atoms with Crippen molar-refractivity contribution in [1.82, 2.24) is 10.2 Å². The summed E-state index contributed by atoms with van der Waals surface area (Å²) in [6.07, 6.45) is 10.4. The van der Waals surface area contributed by atoms with Crippen molar-refractivity contribution in [2.24, 2.45) is 11.3 Å². The van der Waals surface area contributed by atoms with E-state index in [9.17, 15) is 0 Å². The van der Waals surface area contributed by atoms with Crippen molar-refractivity contribution in [3.05, 3.63) is 0 Å². The van der Waals surface area contributed by atoms with Crippen molar-refractivity contribution < 1.29 is 0 Å². The van der Waals surface area contributed by atoms with E-state index >= 15 is 0 Å². The molecule has 2 aliphatic heterocycles. The van der Waals surface area contributed by atoms with E-state index in [0.29, 0.717) is 0 Å². The lowest BCUT2D eigenvalue weighted by Gasteiger charge is -2.46. The van der Waals surface area contributed by atoms with Gasteiger partial charge >= 0.3 is 0 Å². The number of hydrogen-bond acceptors (Lipinski definition) is 2. The van der Waals surface area contributed by atoms with Gasteiger partial charge in [0.25, 0.3) is 0 Å². The monoisotopic (exact) mass is 236 g/mol. The lowest BCUT2D eigenvalue weighted by molar-refractivity contribution is 0.0441. The van der Waals surface area contributed by atoms with Crippen molar-refractivity contribution in [3.8, 4) is 0 Å². The first-order valence-electron chi connectivity index (χ1n) is 7.74. The van der Waals surface area contributed by atoms with Gasteiger partial charge in [0.1, 0.15) is 0 Å². The molecular weight excluding hydrogens is 208 g/mol. The summed E-state index contributed by atoms with van der Waals surface area (Å²) >= 11 is 0. The molecule has 2 nitrogen and oxygen atoms in total. The molecule has 1 saturated carbocycles. The number of nitrogens with one attached hydrogen (secondary N) is 1. The number of nitrogens with zero attached hydrogens (tertiary/aromatic N) is 1. The molecule has 0 aromatic heterocycles. The minimum Gasteiger partial charge on any atom is -0.316 e. The van der Waals surface area contributed by atoms with E-state index in [1.165, 1.54) is 71.1 Å². The highest BCUT2D eigenvalue weighted by Gasteiger charge is 2.39. The molecule has 0 bridgehead atoms. The predicted molar refractivity (Wildman–Crippen MR) is 72.1 cm³/mol. The Morgan fingerprint density at radius 2 is 1.76 bits per heavy atom. The Bertz CT molecular complexity index is 248. The molecule has 3 aliphatic rings. The SMILES string of the molecule is CC1CNCCC1N1CCC2(CCCC2)CC1. The zero-order valence-corrected chi connectivity index (χ0v) is 11.4. The maximum Gasteiger partial charge on any atom is 0.0145 e. The first-order valence-corrected chi connectivity index (χ1v) is 7.74. The quantitative estimate of drug-likeness (QED) is 0.753. The highest BCUT2D eigenvalue weighted by Crippen LogP contribution is 2.46. The minimum absolute atomic E-state index is 0.784. The summed E-state index contributed by atoms with van der Waals surface area (Å²) < 4.78 is 0. The highest BCUT2D eigenvalue weighted by molar-refractivity contribution is 4.93. The van der Waals surface area contributed by atoms with Crippen LogP contribution in [0.1, 0.15) is 51.9 Å². The molecule has 2 atom stereocenters. The topological polar surface area (TPSA) is 15.3 Å². The van der Waals surface area contributed by atoms with Gasteiger partial charge in [0.05, 0.1) is 0 Å². The van der Waals surface area contributed by atoms with E-state index in [1.807, 2.05) is 0 Å². The zero-order chi connectivity index (χ0) is 11.7. The van der Waals surface area contributed by atoms with Crippen LogP contribution in [0, 0.1) is 11.3 Å². The molecule has 2 heteroatoms. The summed E-state index contributed by atoms with van der Waals surface area (Å²) in [5.41, 5.74) is 0.784. The van der Waals surface area contributed by atoms with E-state index in [0.717, 1.165) is 17.4 Å². The molecule has 0 radical (unpaired) electrons. The van der Waals surface area contributed by atoms with Crippen LogP contribution in [0.3, 0.4) is 0 Å². The molecule has 1 spiro atoms. The molecule has 0 aromatic rings. The van der Waals surface area contributed by atoms with E-state index in [-0.39, 0.29) is 0 Å². The van der Waals surface area contributed by atoms with Crippen LogP contribution in [-0.4, -0.2) is 37.1 Å². The molecule has 2 unspecified atom stereocenters. The second-order valence-corrected chi connectivity index (χ2v) is 6.78. The molecule has 2 saturated heterocycles. The Morgan fingerprint density at radius 1 is 1.06 bits per heavy atom. The van der Waals surface area contributed by atoms with Gasteiger partial charge in [0, 0.05) is 6.04 Å². The fraction of sp³-hybridized carbons (Fsp3) is 1.00. The van der Waals surface area contributed by atoms with Gasteiger partial charge in [-0.25, -0.2) is 0 Å². The zero-order valence-electron chi connectivity index (χ0n) is 11.4. The highest BCUT2D eigenvalue weighted by atomic mass is 15.2. The number of likely N-dealkylation sites (tertiary alicyclic amines) is 1. The fourth-order valence-corrected chi connectivity index (χ4v) is 4.50. The third-order valence-corrected chi connectivity index (χ3v) is 5.73. The van der Waals surface area contributed by atoms with E-state index in [2.05, 4.69) is 17.1 Å². The van der Waals surface area contributed by atoms with Crippen molar-refractivity contribution in [3.63, 3.8) is 0 Å². The van der Waals surface area contributed by atoms with Crippen LogP contribution >= 0.6 is 0 Å². The smallest absolute Gasteiger partial charge is 0.0145 e. The molecule has 3 fully saturated rings. The van der Waals surface area contributed by atoms with Gasteiger partial charge < -0.3 is 5.32 Å². The average molecular weight is 236 g/mol. The molecule has 0 aromatic carbocycles. The van der Waals surface area contributed by atoms with Gasteiger partial charge in [-0.2, -0.15) is 0 Å². The van der Waals surface area contributed by atoms with Crippen LogP contribution in [-0.2, 0) is 0 Å². The third kappa shape index (κ3) is 2.39. The van der Waals surface area contributed by atoms with Crippen LogP contribution in [0.15, 0.2) is 0 Å². The summed E-state index contributed by atoms with van der Waals surface area (Å²) in [5, 5.41) is 3.53. The van der Waals surface area contributed by atoms with E-state index in [4.69, 9.17) is 0 Å². The summed E-state index contributed by atoms with van der Waals surface area (Å²) in [6.45, 7) is 7.66. The third-order valence-electron chi connectivity index (χ3n) is 5.73. The van der Waals surface area contributed by atoms with Gasteiger partial charge in [-0.15, -0.1) is 0 Å². The van der Waals surface area contributed by atoms with Gasteiger partial charge in [0.15, 0.2) is 0 Å². The summed E-state index contributed by atoms with van der Waals surface area (Å²) in [6, 6.07) is 0.870. The van der Waals surface area contributed by atoms with Gasteiger partial charge in [-0.05, 0) is 69.6 Å². The predicted octanol–water partition coefficient (Wildman–Crippen LogP) is 2.64.